The van der Waals surface area contributed by atoms with Gasteiger partial charge < -0.3 is 14.6 Å². The normalized spacial score (nSPS) is 12.4. The lowest BCUT2D eigenvalue weighted by atomic mass is 10.0. The van der Waals surface area contributed by atoms with Crippen LogP contribution in [0.5, 0.6) is 0 Å². The van der Waals surface area contributed by atoms with Gasteiger partial charge in [0.25, 0.3) is 0 Å². The molecule has 0 radical (unpaired) electrons. The number of allylic oxidation sites excluding steroid dienone is 8. The molecule has 0 spiro atoms. The Morgan fingerprint density at radius 3 is 0.803 bits per heavy atom. The van der Waals surface area contributed by atoms with Gasteiger partial charge in [0.1, 0.15) is 6.61 Å². The van der Waals surface area contributed by atoms with Crippen LogP contribution in [0.3, 0.4) is 0 Å². The lowest BCUT2D eigenvalue weighted by molar-refractivity contribution is -0.161. The molecule has 1 N–H and O–H groups in total. The van der Waals surface area contributed by atoms with E-state index in [0.717, 1.165) is 51.4 Å². The summed E-state index contributed by atoms with van der Waals surface area (Å²) in [4.78, 5) is 24.6. The second-order valence-corrected chi connectivity index (χ2v) is 23.3. The first-order chi connectivity index (χ1) is 37.6. The Labute approximate surface area is 475 Å². The highest BCUT2D eigenvalue weighted by Gasteiger charge is 2.16. The summed E-state index contributed by atoms with van der Waals surface area (Å²) in [6, 6.07) is 0. The standard InChI is InChI=1S/C71H132O5/c1-3-5-7-9-11-13-15-17-19-21-23-25-27-29-31-33-35-37-39-41-43-45-47-49-51-53-55-57-59-61-63-65-70(73)75-68-69(67-72)76-71(74)66-64-62-60-58-56-54-52-50-48-46-44-42-40-38-36-34-32-30-28-26-24-22-20-18-16-14-12-10-8-6-4-2/h16,18,21-24,28,30,69,72H,3-15,17,19-20,25-27,29,31-68H2,1-2H3/b18-16-,23-21-,24-22-,30-28-. The summed E-state index contributed by atoms with van der Waals surface area (Å²) in [7, 11) is 0. The monoisotopic (exact) mass is 1070 g/mol. The zero-order valence-corrected chi connectivity index (χ0v) is 51.3. The van der Waals surface area contributed by atoms with E-state index >= 15 is 0 Å². The lowest BCUT2D eigenvalue weighted by Gasteiger charge is -2.15. The predicted molar refractivity (Wildman–Crippen MR) is 334 cm³/mol. The van der Waals surface area contributed by atoms with Crippen LogP contribution in [0.4, 0.5) is 0 Å². The molecular formula is C71H132O5. The summed E-state index contributed by atoms with van der Waals surface area (Å²) >= 11 is 0. The van der Waals surface area contributed by atoms with E-state index in [-0.39, 0.29) is 25.2 Å². The fourth-order valence-corrected chi connectivity index (χ4v) is 10.4. The fraction of sp³-hybridized carbons (Fsp3) is 0.859. The van der Waals surface area contributed by atoms with E-state index in [4.69, 9.17) is 9.47 Å². The van der Waals surface area contributed by atoms with Gasteiger partial charge in [0.05, 0.1) is 6.61 Å². The molecule has 0 saturated carbocycles. The second-order valence-electron chi connectivity index (χ2n) is 23.3. The van der Waals surface area contributed by atoms with Crippen LogP contribution in [-0.4, -0.2) is 36.4 Å². The summed E-state index contributed by atoms with van der Waals surface area (Å²) in [5.74, 6) is -0.570. The Bertz CT molecular complexity index is 1250. The molecule has 0 aliphatic carbocycles. The highest BCUT2D eigenvalue weighted by atomic mass is 16.6. The molecule has 0 aliphatic heterocycles. The van der Waals surface area contributed by atoms with Crippen molar-refractivity contribution in [2.24, 2.45) is 0 Å². The Kier molecular flexibility index (Phi) is 65.2. The average Bonchev–Trinajstić information content (AvgIpc) is 3.42. The first-order valence-corrected chi connectivity index (χ1v) is 34.2. The number of carbonyl (C=O) groups is 2. The van der Waals surface area contributed by atoms with Gasteiger partial charge >= 0.3 is 11.9 Å². The van der Waals surface area contributed by atoms with Crippen molar-refractivity contribution >= 4 is 11.9 Å². The predicted octanol–water partition coefficient (Wildman–Crippen LogP) is 23.5. The third kappa shape index (κ3) is 64.4. The molecule has 0 saturated heterocycles. The van der Waals surface area contributed by atoms with Crippen molar-refractivity contribution in [2.45, 2.75) is 380 Å². The maximum atomic E-state index is 12.4. The molecule has 0 bridgehead atoms. The number of esters is 2. The summed E-state index contributed by atoms with van der Waals surface area (Å²) in [6.45, 7) is 4.18. The van der Waals surface area contributed by atoms with Crippen LogP contribution in [0, 0.1) is 0 Å². The molecule has 1 atom stereocenters. The molecule has 0 fully saturated rings. The average molecular weight is 1070 g/mol. The maximum Gasteiger partial charge on any atom is 0.306 e. The van der Waals surface area contributed by atoms with Gasteiger partial charge in [-0.1, -0.05) is 332 Å². The van der Waals surface area contributed by atoms with E-state index < -0.39 is 6.10 Å². The molecule has 1 unspecified atom stereocenters. The summed E-state index contributed by atoms with van der Waals surface area (Å²) in [5, 5.41) is 9.70. The van der Waals surface area contributed by atoms with Crippen LogP contribution < -0.4 is 0 Å². The van der Waals surface area contributed by atoms with Gasteiger partial charge in [-0.25, -0.2) is 0 Å². The van der Waals surface area contributed by atoms with Crippen LogP contribution in [0.1, 0.15) is 373 Å². The Morgan fingerprint density at radius 2 is 0.526 bits per heavy atom. The van der Waals surface area contributed by atoms with Gasteiger partial charge in [0, 0.05) is 12.8 Å². The smallest absolute Gasteiger partial charge is 0.306 e. The van der Waals surface area contributed by atoms with E-state index in [9.17, 15) is 14.7 Å². The second kappa shape index (κ2) is 67.1. The van der Waals surface area contributed by atoms with Crippen molar-refractivity contribution in [3.05, 3.63) is 48.6 Å². The van der Waals surface area contributed by atoms with E-state index in [1.165, 1.54) is 295 Å². The number of carbonyl (C=O) groups excluding carboxylic acids is 2. The van der Waals surface area contributed by atoms with Crippen molar-refractivity contribution < 1.29 is 24.2 Å². The third-order valence-corrected chi connectivity index (χ3v) is 15.6. The van der Waals surface area contributed by atoms with Gasteiger partial charge in [-0.05, 0) is 77.0 Å². The summed E-state index contributed by atoms with van der Waals surface area (Å²) in [6.07, 6.45) is 90.0. The van der Waals surface area contributed by atoms with Crippen molar-refractivity contribution in [3.63, 3.8) is 0 Å². The molecule has 0 rings (SSSR count). The Morgan fingerprint density at radius 1 is 0.303 bits per heavy atom. The van der Waals surface area contributed by atoms with Gasteiger partial charge in [-0.15, -0.1) is 0 Å². The molecule has 0 aromatic carbocycles. The van der Waals surface area contributed by atoms with Crippen LogP contribution in [0.25, 0.3) is 0 Å². The zero-order chi connectivity index (χ0) is 54.8. The molecule has 0 aromatic heterocycles. The number of hydrogen-bond acceptors (Lipinski definition) is 5. The number of ether oxygens (including phenoxy) is 2. The van der Waals surface area contributed by atoms with Gasteiger partial charge in [-0.2, -0.15) is 0 Å². The maximum absolute atomic E-state index is 12.4. The quantitative estimate of drug-likeness (QED) is 0.0373. The van der Waals surface area contributed by atoms with E-state index in [1.54, 1.807) is 0 Å². The van der Waals surface area contributed by atoms with Crippen molar-refractivity contribution in [3.8, 4) is 0 Å². The molecule has 0 aliphatic rings. The zero-order valence-electron chi connectivity index (χ0n) is 51.3. The number of hydrogen-bond donors (Lipinski definition) is 1. The first kappa shape index (κ1) is 73.9. The molecule has 5 nitrogen and oxygen atoms in total. The minimum absolute atomic E-state index is 0.0612. The largest absolute Gasteiger partial charge is 0.462 e. The molecule has 76 heavy (non-hydrogen) atoms. The van der Waals surface area contributed by atoms with Crippen LogP contribution in [0.2, 0.25) is 0 Å². The van der Waals surface area contributed by atoms with Crippen molar-refractivity contribution in [1.82, 2.24) is 0 Å². The molecular weight excluding hydrogens is 933 g/mol. The molecule has 0 aromatic rings. The van der Waals surface area contributed by atoms with Gasteiger partial charge in [0.15, 0.2) is 6.10 Å². The lowest BCUT2D eigenvalue weighted by Crippen LogP contribution is -2.28. The Hall–Kier alpha value is -2.14. The fourth-order valence-electron chi connectivity index (χ4n) is 10.4. The Balaban J connectivity index is 3.41. The molecule has 0 amide bonds. The van der Waals surface area contributed by atoms with E-state index in [2.05, 4.69) is 62.5 Å². The minimum Gasteiger partial charge on any atom is -0.462 e. The minimum atomic E-state index is -0.772. The highest BCUT2D eigenvalue weighted by molar-refractivity contribution is 5.70. The number of aliphatic hydroxyl groups is 1. The summed E-state index contributed by atoms with van der Waals surface area (Å²) < 4.78 is 10.8. The van der Waals surface area contributed by atoms with E-state index in [1.807, 2.05) is 0 Å². The number of unbranched alkanes of at least 4 members (excludes halogenated alkanes) is 48. The van der Waals surface area contributed by atoms with E-state index in [0.29, 0.717) is 12.8 Å². The van der Waals surface area contributed by atoms with Crippen LogP contribution in [0.15, 0.2) is 48.6 Å². The van der Waals surface area contributed by atoms with Crippen LogP contribution in [-0.2, 0) is 19.1 Å². The topological polar surface area (TPSA) is 72.8 Å². The first-order valence-electron chi connectivity index (χ1n) is 34.2. The van der Waals surface area contributed by atoms with Gasteiger partial charge in [0.2, 0.25) is 0 Å². The SMILES string of the molecule is CCCCCCC/C=C\C/C=C\C/C=C\CCCCCCCCCCCCCCCCCCC(=O)OC(CO)COC(=O)CCCCCCCCCCCCCCCCCCCCC/C=C\CCCCCCCCCC. The molecule has 5 heteroatoms. The van der Waals surface area contributed by atoms with Gasteiger partial charge in [-0.3, -0.25) is 9.59 Å². The van der Waals surface area contributed by atoms with Crippen LogP contribution >= 0.6 is 0 Å². The number of aliphatic hydroxyl groups excluding tert-OH is 1. The third-order valence-electron chi connectivity index (χ3n) is 15.6. The van der Waals surface area contributed by atoms with Crippen molar-refractivity contribution in [1.29, 1.82) is 0 Å². The molecule has 446 valence electrons. The number of rotatable bonds is 64. The summed E-state index contributed by atoms with van der Waals surface area (Å²) in [5.41, 5.74) is 0. The van der Waals surface area contributed by atoms with Crippen molar-refractivity contribution in [2.75, 3.05) is 13.2 Å². The highest BCUT2D eigenvalue weighted by Crippen LogP contribution is 2.18. The molecule has 0 heterocycles.